The van der Waals surface area contributed by atoms with E-state index in [4.69, 9.17) is 9.84 Å². The number of carbonyl (C=O) groups is 3. The number of carboxylic acids is 1. The molecule has 188 valence electrons. The van der Waals surface area contributed by atoms with E-state index in [2.05, 4.69) is 5.32 Å². The van der Waals surface area contributed by atoms with Crippen LogP contribution in [0.15, 0.2) is 48.5 Å². The zero-order valence-electron chi connectivity index (χ0n) is 19.1. The molecule has 3 N–H and O–H groups in total. The fraction of sp³-hybridized carbons (Fsp3) is 0.400. The summed E-state index contributed by atoms with van der Waals surface area (Å²) in [5.74, 6) is -2.82. The van der Waals surface area contributed by atoms with Gasteiger partial charge in [0.2, 0.25) is 5.91 Å². The molecule has 10 heteroatoms. The van der Waals surface area contributed by atoms with Crippen LogP contribution in [0, 0.1) is 5.92 Å². The molecule has 0 saturated heterocycles. The minimum absolute atomic E-state index is 0.0337. The fourth-order valence-corrected chi connectivity index (χ4v) is 4.05. The zero-order chi connectivity index (χ0) is 25.6. The highest BCUT2D eigenvalue weighted by atomic mass is 19.4. The normalized spacial score (nSPS) is 14.4. The number of nitrogens with one attached hydrogen (secondary N) is 2. The molecule has 0 saturated carbocycles. The number of fused-ring (bicyclic) bond motifs is 3. The van der Waals surface area contributed by atoms with Gasteiger partial charge in [0, 0.05) is 12.5 Å². The molecule has 35 heavy (non-hydrogen) atoms. The Balaban J connectivity index is 1.54. The second-order valence-corrected chi connectivity index (χ2v) is 8.50. The molecule has 0 fully saturated rings. The number of alkyl carbamates (subject to hydrolysis) is 1. The van der Waals surface area contributed by atoms with E-state index in [1.165, 1.54) is 6.92 Å². The molecule has 7 nitrogen and oxygen atoms in total. The highest BCUT2D eigenvalue weighted by molar-refractivity contribution is 5.79. The lowest BCUT2D eigenvalue weighted by Gasteiger charge is -2.22. The average Bonchev–Trinajstić information content (AvgIpc) is 3.13. The maximum Gasteiger partial charge on any atom is 0.409 e. The van der Waals surface area contributed by atoms with E-state index in [-0.39, 0.29) is 25.5 Å². The first kappa shape index (κ1) is 26.1. The van der Waals surface area contributed by atoms with Crippen LogP contribution in [-0.4, -0.2) is 48.4 Å². The lowest BCUT2D eigenvalue weighted by Crippen LogP contribution is -2.48. The van der Waals surface area contributed by atoms with Gasteiger partial charge in [-0.3, -0.25) is 9.59 Å². The van der Waals surface area contributed by atoms with Gasteiger partial charge < -0.3 is 20.5 Å². The number of rotatable bonds is 10. The highest BCUT2D eigenvalue weighted by Gasteiger charge is 2.42. The minimum Gasteiger partial charge on any atom is -0.481 e. The fourth-order valence-electron chi connectivity index (χ4n) is 4.05. The maximum atomic E-state index is 13.4. The summed E-state index contributed by atoms with van der Waals surface area (Å²) in [6.07, 6.45) is -6.56. The minimum atomic E-state index is -4.86. The van der Waals surface area contributed by atoms with Gasteiger partial charge in [-0.15, -0.1) is 0 Å². The first-order chi connectivity index (χ1) is 16.6. The molecule has 0 aliphatic heterocycles. The number of carboxylic acid groups (broad SMARTS) is 1. The highest BCUT2D eigenvalue weighted by Crippen LogP contribution is 2.44. The molecule has 0 radical (unpaired) electrons. The van der Waals surface area contributed by atoms with E-state index in [9.17, 15) is 27.6 Å². The van der Waals surface area contributed by atoms with Crippen LogP contribution in [0.3, 0.4) is 0 Å². The molecule has 3 rings (SSSR count). The smallest absolute Gasteiger partial charge is 0.409 e. The molecule has 0 heterocycles. The molecular formula is C25H27F3N2O5. The van der Waals surface area contributed by atoms with Gasteiger partial charge in [-0.2, -0.15) is 13.2 Å². The topological polar surface area (TPSA) is 105 Å². The van der Waals surface area contributed by atoms with Gasteiger partial charge in [-0.05, 0) is 35.1 Å². The van der Waals surface area contributed by atoms with E-state index in [1.807, 2.05) is 48.5 Å². The third-order valence-corrected chi connectivity index (χ3v) is 5.98. The van der Waals surface area contributed by atoms with E-state index in [0.717, 1.165) is 22.3 Å². The Morgan fingerprint density at radius 3 is 2.14 bits per heavy atom. The number of aliphatic carboxylic acids is 1. The number of ether oxygens (including phenoxy) is 1. The van der Waals surface area contributed by atoms with Crippen LogP contribution in [0.5, 0.6) is 0 Å². The molecule has 0 aromatic heterocycles. The van der Waals surface area contributed by atoms with Crippen LogP contribution in [0.25, 0.3) is 11.1 Å². The summed E-state index contributed by atoms with van der Waals surface area (Å²) >= 11 is 0. The second kappa shape index (κ2) is 11.2. The van der Waals surface area contributed by atoms with Crippen molar-refractivity contribution < 1.29 is 37.4 Å². The van der Waals surface area contributed by atoms with Crippen LogP contribution >= 0.6 is 0 Å². The molecule has 1 aliphatic carbocycles. The number of hydrogen-bond acceptors (Lipinski definition) is 4. The molecule has 2 amide bonds. The Labute approximate surface area is 200 Å². The third-order valence-electron chi connectivity index (χ3n) is 5.98. The van der Waals surface area contributed by atoms with Crippen LogP contribution in [0.1, 0.15) is 43.2 Å². The van der Waals surface area contributed by atoms with E-state index >= 15 is 0 Å². The van der Waals surface area contributed by atoms with Crippen LogP contribution in [0.2, 0.25) is 0 Å². The van der Waals surface area contributed by atoms with Crippen molar-refractivity contribution in [3.05, 3.63) is 59.7 Å². The van der Waals surface area contributed by atoms with Gasteiger partial charge in [0.15, 0.2) is 0 Å². The van der Waals surface area contributed by atoms with Gasteiger partial charge in [0.1, 0.15) is 12.6 Å². The van der Waals surface area contributed by atoms with Crippen molar-refractivity contribution in [3.8, 4) is 11.1 Å². The van der Waals surface area contributed by atoms with Gasteiger partial charge in [-0.25, -0.2) is 4.79 Å². The van der Waals surface area contributed by atoms with Crippen LogP contribution in [-0.2, 0) is 14.3 Å². The van der Waals surface area contributed by atoms with Crippen molar-refractivity contribution in [2.75, 3.05) is 13.2 Å². The van der Waals surface area contributed by atoms with Gasteiger partial charge in [-0.1, -0.05) is 55.5 Å². The zero-order valence-corrected chi connectivity index (χ0v) is 19.1. The molecule has 2 unspecified atom stereocenters. The Bertz CT molecular complexity index is 1030. The summed E-state index contributed by atoms with van der Waals surface area (Å²) in [5, 5.41) is 12.9. The van der Waals surface area contributed by atoms with Crippen molar-refractivity contribution in [2.45, 2.75) is 44.3 Å². The van der Waals surface area contributed by atoms with Crippen molar-refractivity contribution in [2.24, 2.45) is 5.92 Å². The monoisotopic (exact) mass is 492 g/mol. The molecule has 2 aromatic carbocycles. The Morgan fingerprint density at radius 1 is 1.03 bits per heavy atom. The summed E-state index contributed by atoms with van der Waals surface area (Å²) in [5.41, 5.74) is 3.82. The number of halogens is 3. The molecule has 0 spiro atoms. The number of amides is 2. The van der Waals surface area contributed by atoms with Crippen molar-refractivity contribution >= 4 is 18.0 Å². The van der Waals surface area contributed by atoms with Crippen LogP contribution < -0.4 is 10.6 Å². The molecule has 2 atom stereocenters. The number of benzene rings is 2. The van der Waals surface area contributed by atoms with E-state index < -0.39 is 42.5 Å². The second-order valence-electron chi connectivity index (χ2n) is 8.50. The first-order valence-corrected chi connectivity index (χ1v) is 11.3. The summed E-state index contributed by atoms with van der Waals surface area (Å²) < 4.78 is 45.5. The summed E-state index contributed by atoms with van der Waals surface area (Å²) in [6.45, 7) is 1.38. The standard InChI is InChI=1S/C25H27F3N2O5/c1-15(23(32)33)7-6-12-29-22(31)13-21(25(26,27)28)30-24(34)35-14-20-18-10-4-2-8-16(18)17-9-3-5-11-19(17)20/h2-5,8-11,15,20-21H,6-7,12-14H2,1H3,(H,29,31)(H,30,34)(H,32,33). The molecular weight excluding hydrogens is 465 g/mol. The molecule has 1 aliphatic rings. The Hall–Kier alpha value is -3.56. The summed E-state index contributed by atoms with van der Waals surface area (Å²) in [7, 11) is 0. The predicted octanol–water partition coefficient (Wildman–Crippen LogP) is 4.46. The lowest BCUT2D eigenvalue weighted by atomic mass is 9.98. The average molecular weight is 492 g/mol. The van der Waals surface area contributed by atoms with Gasteiger partial charge in [0.05, 0.1) is 12.3 Å². The SMILES string of the molecule is CC(CCCNC(=O)CC(NC(=O)OCC1c2ccccc2-c2ccccc21)C(F)(F)F)C(=O)O. The number of hydrogen-bond donors (Lipinski definition) is 3. The molecule has 2 aromatic rings. The summed E-state index contributed by atoms with van der Waals surface area (Å²) in [6, 6.07) is 12.7. The number of carbonyl (C=O) groups excluding carboxylic acids is 2. The van der Waals surface area contributed by atoms with Crippen molar-refractivity contribution in [3.63, 3.8) is 0 Å². The quantitative estimate of drug-likeness (QED) is 0.425. The molecule has 0 bridgehead atoms. The van der Waals surface area contributed by atoms with Gasteiger partial charge in [0.25, 0.3) is 0 Å². The maximum absolute atomic E-state index is 13.4. The van der Waals surface area contributed by atoms with Crippen molar-refractivity contribution in [1.29, 1.82) is 0 Å². The van der Waals surface area contributed by atoms with Gasteiger partial charge >= 0.3 is 18.2 Å². The summed E-state index contributed by atoms with van der Waals surface area (Å²) in [4.78, 5) is 35.0. The van der Waals surface area contributed by atoms with E-state index in [0.29, 0.717) is 6.42 Å². The Kier molecular flexibility index (Phi) is 8.37. The Morgan fingerprint density at radius 2 is 1.60 bits per heavy atom. The first-order valence-electron chi connectivity index (χ1n) is 11.3. The van der Waals surface area contributed by atoms with E-state index in [1.54, 1.807) is 5.32 Å². The van der Waals surface area contributed by atoms with Crippen molar-refractivity contribution in [1.82, 2.24) is 10.6 Å². The lowest BCUT2D eigenvalue weighted by molar-refractivity contribution is -0.160. The predicted molar refractivity (Wildman–Crippen MR) is 122 cm³/mol. The van der Waals surface area contributed by atoms with Crippen LogP contribution in [0.4, 0.5) is 18.0 Å². The third kappa shape index (κ3) is 6.74. The largest absolute Gasteiger partial charge is 0.481 e. The number of alkyl halides is 3.